The number of oxazole rings is 1. The van der Waals surface area contributed by atoms with Crippen LogP contribution >= 0.6 is 0 Å². The summed E-state index contributed by atoms with van der Waals surface area (Å²) in [4.78, 5) is 20.3. The van der Waals surface area contributed by atoms with Crippen molar-refractivity contribution in [2.24, 2.45) is 0 Å². The van der Waals surface area contributed by atoms with Gasteiger partial charge in [-0.05, 0) is 12.8 Å². The molecule has 3 rings (SSSR count). The standard InChI is InChI=1S/C14H18N4O2/c1-9(2)13-12(17-8-20-13)14(19)16-6-11-5-15-7-18(11)10-3-4-10/h5,7-10H,3-4,6H2,1-2H3,(H,16,19). The molecule has 2 aromatic heterocycles. The lowest BCUT2D eigenvalue weighted by molar-refractivity contribution is 0.0943. The molecule has 1 aliphatic carbocycles. The van der Waals surface area contributed by atoms with E-state index in [-0.39, 0.29) is 11.8 Å². The molecule has 106 valence electrons. The normalized spacial score (nSPS) is 14.8. The molecule has 2 heterocycles. The number of nitrogens with zero attached hydrogens (tertiary/aromatic N) is 3. The van der Waals surface area contributed by atoms with Crippen LogP contribution in [0.25, 0.3) is 0 Å². The van der Waals surface area contributed by atoms with E-state index in [4.69, 9.17) is 4.42 Å². The van der Waals surface area contributed by atoms with Gasteiger partial charge in [0.15, 0.2) is 12.1 Å². The van der Waals surface area contributed by atoms with Crippen molar-refractivity contribution in [1.29, 1.82) is 0 Å². The number of nitrogens with one attached hydrogen (secondary N) is 1. The van der Waals surface area contributed by atoms with Crippen molar-refractivity contribution in [3.63, 3.8) is 0 Å². The lowest BCUT2D eigenvalue weighted by Gasteiger charge is -2.08. The fourth-order valence-corrected chi connectivity index (χ4v) is 2.24. The number of hydrogen-bond acceptors (Lipinski definition) is 4. The van der Waals surface area contributed by atoms with Gasteiger partial charge in [0.2, 0.25) is 0 Å². The summed E-state index contributed by atoms with van der Waals surface area (Å²) in [6.07, 6.45) is 7.33. The van der Waals surface area contributed by atoms with Crippen LogP contribution in [0.3, 0.4) is 0 Å². The van der Waals surface area contributed by atoms with Crippen LogP contribution in [-0.4, -0.2) is 20.4 Å². The molecule has 20 heavy (non-hydrogen) atoms. The monoisotopic (exact) mass is 274 g/mol. The average Bonchev–Trinajstić information content (AvgIpc) is 2.97. The maximum atomic E-state index is 12.2. The molecule has 1 fully saturated rings. The molecule has 0 unspecified atom stereocenters. The first-order valence-electron chi connectivity index (χ1n) is 6.89. The molecule has 1 amide bonds. The molecule has 1 saturated carbocycles. The Kier molecular flexibility index (Phi) is 3.30. The topological polar surface area (TPSA) is 73.0 Å². The molecule has 0 aromatic carbocycles. The van der Waals surface area contributed by atoms with Crippen LogP contribution in [0.2, 0.25) is 0 Å². The Morgan fingerprint density at radius 3 is 3.05 bits per heavy atom. The van der Waals surface area contributed by atoms with Crippen molar-refractivity contribution in [3.05, 3.63) is 36.1 Å². The zero-order valence-corrected chi connectivity index (χ0v) is 11.7. The number of hydrogen-bond donors (Lipinski definition) is 1. The first kappa shape index (κ1) is 12.9. The minimum atomic E-state index is -0.203. The van der Waals surface area contributed by atoms with E-state index in [1.165, 1.54) is 19.2 Å². The van der Waals surface area contributed by atoms with E-state index in [0.29, 0.717) is 24.0 Å². The maximum Gasteiger partial charge on any atom is 0.273 e. The second-order valence-corrected chi connectivity index (χ2v) is 5.43. The lowest BCUT2D eigenvalue weighted by atomic mass is 10.1. The molecular weight excluding hydrogens is 256 g/mol. The maximum absolute atomic E-state index is 12.2. The highest BCUT2D eigenvalue weighted by atomic mass is 16.3. The summed E-state index contributed by atoms with van der Waals surface area (Å²) < 4.78 is 7.40. The molecule has 0 spiro atoms. The third-order valence-corrected chi connectivity index (χ3v) is 3.45. The Morgan fingerprint density at radius 1 is 1.55 bits per heavy atom. The summed E-state index contributed by atoms with van der Waals surface area (Å²) >= 11 is 0. The fourth-order valence-electron chi connectivity index (χ4n) is 2.24. The fraction of sp³-hybridized carbons (Fsp3) is 0.500. The summed E-state index contributed by atoms with van der Waals surface area (Å²) in [7, 11) is 0. The predicted molar refractivity (Wildman–Crippen MR) is 72.3 cm³/mol. The third-order valence-electron chi connectivity index (χ3n) is 3.45. The van der Waals surface area contributed by atoms with Crippen LogP contribution in [0.5, 0.6) is 0 Å². The van der Waals surface area contributed by atoms with Gasteiger partial charge in [-0.25, -0.2) is 9.97 Å². The molecule has 1 N–H and O–H groups in total. The molecule has 6 nitrogen and oxygen atoms in total. The van der Waals surface area contributed by atoms with Crippen LogP contribution in [0, 0.1) is 0 Å². The van der Waals surface area contributed by atoms with Crippen molar-refractivity contribution in [2.45, 2.75) is 45.2 Å². The van der Waals surface area contributed by atoms with Gasteiger partial charge >= 0.3 is 0 Å². The molecule has 0 bridgehead atoms. The van der Waals surface area contributed by atoms with Gasteiger partial charge in [0.1, 0.15) is 5.76 Å². The van der Waals surface area contributed by atoms with E-state index in [1.54, 1.807) is 6.20 Å². The third kappa shape index (κ3) is 2.45. The number of carbonyl (C=O) groups excluding carboxylic acids is 1. The van der Waals surface area contributed by atoms with Crippen LogP contribution in [0.4, 0.5) is 0 Å². The second-order valence-electron chi connectivity index (χ2n) is 5.43. The number of imidazole rings is 1. The Labute approximate surface area is 117 Å². The quantitative estimate of drug-likeness (QED) is 0.907. The van der Waals surface area contributed by atoms with Crippen LogP contribution in [0.1, 0.15) is 60.6 Å². The largest absolute Gasteiger partial charge is 0.447 e. The van der Waals surface area contributed by atoms with Crippen LogP contribution < -0.4 is 5.32 Å². The van der Waals surface area contributed by atoms with E-state index in [2.05, 4.69) is 19.9 Å². The van der Waals surface area contributed by atoms with Crippen molar-refractivity contribution in [3.8, 4) is 0 Å². The van der Waals surface area contributed by atoms with Crippen LogP contribution in [-0.2, 0) is 6.54 Å². The van der Waals surface area contributed by atoms with Gasteiger partial charge < -0.3 is 14.3 Å². The van der Waals surface area contributed by atoms with E-state index >= 15 is 0 Å². The Bertz CT molecular complexity index is 610. The van der Waals surface area contributed by atoms with Gasteiger partial charge in [0.25, 0.3) is 5.91 Å². The van der Waals surface area contributed by atoms with Gasteiger partial charge in [-0.15, -0.1) is 0 Å². The highest BCUT2D eigenvalue weighted by Gasteiger charge is 2.25. The predicted octanol–water partition coefficient (Wildman–Crippen LogP) is 2.26. The van der Waals surface area contributed by atoms with Crippen molar-refractivity contribution in [2.75, 3.05) is 0 Å². The molecule has 6 heteroatoms. The van der Waals surface area contributed by atoms with Gasteiger partial charge in [-0.2, -0.15) is 0 Å². The molecule has 0 aliphatic heterocycles. The highest BCUT2D eigenvalue weighted by molar-refractivity contribution is 5.93. The summed E-state index contributed by atoms with van der Waals surface area (Å²) in [5.41, 5.74) is 1.40. The van der Waals surface area contributed by atoms with Gasteiger partial charge in [0.05, 0.1) is 18.6 Å². The molecule has 0 atom stereocenters. The van der Waals surface area contributed by atoms with E-state index in [9.17, 15) is 4.79 Å². The van der Waals surface area contributed by atoms with Gasteiger partial charge in [-0.1, -0.05) is 13.8 Å². The lowest BCUT2D eigenvalue weighted by Crippen LogP contribution is -2.25. The summed E-state index contributed by atoms with van der Waals surface area (Å²) in [5.74, 6) is 0.555. The van der Waals surface area contributed by atoms with Crippen molar-refractivity contribution in [1.82, 2.24) is 19.9 Å². The zero-order valence-electron chi connectivity index (χ0n) is 11.7. The number of carbonyl (C=O) groups is 1. The van der Waals surface area contributed by atoms with E-state index < -0.39 is 0 Å². The van der Waals surface area contributed by atoms with Crippen molar-refractivity contribution < 1.29 is 9.21 Å². The smallest absolute Gasteiger partial charge is 0.273 e. The molecule has 2 aromatic rings. The SMILES string of the molecule is CC(C)c1ocnc1C(=O)NCc1cncn1C1CC1. The first-order chi connectivity index (χ1) is 9.66. The minimum absolute atomic E-state index is 0.134. The molecule has 0 saturated heterocycles. The van der Waals surface area contributed by atoms with E-state index in [0.717, 1.165) is 5.69 Å². The average molecular weight is 274 g/mol. The Morgan fingerprint density at radius 2 is 2.35 bits per heavy atom. The first-order valence-corrected chi connectivity index (χ1v) is 6.89. The molecule has 0 radical (unpaired) electrons. The Hall–Kier alpha value is -2.11. The highest BCUT2D eigenvalue weighted by Crippen LogP contribution is 2.35. The summed E-state index contributed by atoms with van der Waals surface area (Å²) in [5, 5.41) is 2.88. The van der Waals surface area contributed by atoms with E-state index in [1.807, 2.05) is 20.2 Å². The summed E-state index contributed by atoms with van der Waals surface area (Å²) in [6, 6.07) is 0.558. The number of amides is 1. The Balaban J connectivity index is 1.67. The minimum Gasteiger partial charge on any atom is -0.447 e. The second kappa shape index (κ2) is 5.11. The number of rotatable bonds is 5. The summed E-state index contributed by atoms with van der Waals surface area (Å²) in [6.45, 7) is 4.40. The van der Waals surface area contributed by atoms with Gasteiger partial charge in [-0.3, -0.25) is 4.79 Å². The van der Waals surface area contributed by atoms with Crippen molar-refractivity contribution >= 4 is 5.91 Å². The number of aromatic nitrogens is 3. The van der Waals surface area contributed by atoms with Gasteiger partial charge in [0, 0.05) is 18.2 Å². The zero-order chi connectivity index (χ0) is 14.1. The molecule has 1 aliphatic rings. The van der Waals surface area contributed by atoms with Crippen LogP contribution in [0.15, 0.2) is 23.3 Å². The molecular formula is C14H18N4O2.